The predicted molar refractivity (Wildman–Crippen MR) is 69.5 cm³/mol. The summed E-state index contributed by atoms with van der Waals surface area (Å²) in [5, 5.41) is 0. The zero-order valence-corrected chi connectivity index (χ0v) is 9.92. The number of halogens is 1. The molecule has 0 atom stereocenters. The lowest BCUT2D eigenvalue weighted by molar-refractivity contribution is 0.630. The van der Waals surface area contributed by atoms with Crippen LogP contribution in [-0.2, 0) is 0 Å². The zero-order valence-electron chi connectivity index (χ0n) is 9.92. The highest BCUT2D eigenvalue weighted by atomic mass is 19.1. The molecule has 2 aromatic heterocycles. The Kier molecular flexibility index (Phi) is 2.98. The molecule has 0 spiro atoms. The van der Waals surface area contributed by atoms with E-state index < -0.39 is 0 Å². The molecule has 0 aliphatic carbocycles. The first-order chi connectivity index (χ1) is 9.36. The molecule has 19 heavy (non-hydrogen) atoms. The standard InChI is InChI=1S/C15H9FN3/c16-14-6-2-1-5-12(14)15-13(9-18-10-19-15)11-4-3-7-17-8-11/h1-9H. The summed E-state index contributed by atoms with van der Waals surface area (Å²) in [6, 6.07) is 10.2. The van der Waals surface area contributed by atoms with Crippen LogP contribution in [0.1, 0.15) is 0 Å². The molecular weight excluding hydrogens is 241 g/mol. The van der Waals surface area contributed by atoms with Crippen LogP contribution < -0.4 is 0 Å². The molecule has 0 N–H and O–H groups in total. The lowest BCUT2D eigenvalue weighted by atomic mass is 10.0. The first kappa shape index (κ1) is 11.5. The number of pyridine rings is 1. The van der Waals surface area contributed by atoms with Crippen molar-refractivity contribution in [3.05, 3.63) is 67.1 Å². The molecule has 4 heteroatoms. The summed E-state index contributed by atoms with van der Waals surface area (Å²) >= 11 is 0. The van der Waals surface area contributed by atoms with Crippen LogP contribution in [0.3, 0.4) is 0 Å². The van der Waals surface area contributed by atoms with Gasteiger partial charge in [0.2, 0.25) is 0 Å². The normalized spacial score (nSPS) is 10.4. The van der Waals surface area contributed by atoms with Crippen LogP contribution in [0.25, 0.3) is 22.4 Å². The van der Waals surface area contributed by atoms with E-state index in [-0.39, 0.29) is 5.82 Å². The van der Waals surface area contributed by atoms with Crippen molar-refractivity contribution in [1.82, 2.24) is 15.0 Å². The van der Waals surface area contributed by atoms with Crippen LogP contribution in [0.5, 0.6) is 0 Å². The summed E-state index contributed by atoms with van der Waals surface area (Å²) in [7, 11) is 0. The Labute approximate surface area is 109 Å². The second kappa shape index (κ2) is 4.94. The van der Waals surface area contributed by atoms with Crippen molar-refractivity contribution in [2.75, 3.05) is 0 Å². The van der Waals surface area contributed by atoms with Crippen LogP contribution in [0.4, 0.5) is 4.39 Å². The third-order valence-electron chi connectivity index (χ3n) is 2.77. The number of aromatic nitrogens is 3. The molecule has 0 aliphatic heterocycles. The van der Waals surface area contributed by atoms with E-state index in [4.69, 9.17) is 0 Å². The molecular formula is C15H9FN3. The van der Waals surface area contributed by atoms with E-state index in [2.05, 4.69) is 21.3 Å². The fraction of sp³-hybridized carbons (Fsp3) is 0. The van der Waals surface area contributed by atoms with Crippen molar-refractivity contribution in [1.29, 1.82) is 0 Å². The van der Waals surface area contributed by atoms with Gasteiger partial charge < -0.3 is 0 Å². The van der Waals surface area contributed by atoms with E-state index in [1.807, 2.05) is 12.1 Å². The smallest absolute Gasteiger partial charge is 0.198 e. The second-order valence-electron chi connectivity index (χ2n) is 3.95. The summed E-state index contributed by atoms with van der Waals surface area (Å²) in [4.78, 5) is 12.0. The minimum Gasteiger partial charge on any atom is -0.264 e. The Hall–Kier alpha value is -2.62. The summed E-state index contributed by atoms with van der Waals surface area (Å²) < 4.78 is 13.9. The van der Waals surface area contributed by atoms with Crippen molar-refractivity contribution in [2.24, 2.45) is 0 Å². The summed E-state index contributed by atoms with van der Waals surface area (Å²) in [5.74, 6) is -0.320. The maximum absolute atomic E-state index is 13.9. The van der Waals surface area contributed by atoms with Gasteiger partial charge in [-0.05, 0) is 18.2 Å². The Bertz CT molecular complexity index is 699. The molecule has 91 valence electrons. The summed E-state index contributed by atoms with van der Waals surface area (Å²) in [5.41, 5.74) is 2.52. The van der Waals surface area contributed by atoms with E-state index in [0.717, 1.165) is 11.1 Å². The fourth-order valence-electron chi connectivity index (χ4n) is 1.89. The van der Waals surface area contributed by atoms with Gasteiger partial charge in [-0.3, -0.25) is 4.98 Å². The Morgan fingerprint density at radius 1 is 0.947 bits per heavy atom. The number of nitrogens with zero attached hydrogens (tertiary/aromatic N) is 3. The lowest BCUT2D eigenvalue weighted by Gasteiger charge is -2.08. The molecule has 1 aromatic carbocycles. The van der Waals surface area contributed by atoms with E-state index in [1.165, 1.54) is 6.07 Å². The van der Waals surface area contributed by atoms with Crippen LogP contribution in [0.2, 0.25) is 0 Å². The maximum atomic E-state index is 13.9. The Morgan fingerprint density at radius 3 is 2.63 bits per heavy atom. The number of hydrogen-bond acceptors (Lipinski definition) is 3. The molecule has 0 saturated heterocycles. The Morgan fingerprint density at radius 2 is 1.84 bits per heavy atom. The van der Waals surface area contributed by atoms with E-state index >= 15 is 0 Å². The summed E-state index contributed by atoms with van der Waals surface area (Å²) in [6.45, 7) is 0. The molecule has 2 heterocycles. The number of rotatable bonds is 2. The molecule has 0 amide bonds. The van der Waals surface area contributed by atoms with Gasteiger partial charge in [-0.25, -0.2) is 14.4 Å². The average molecular weight is 250 g/mol. The highest BCUT2D eigenvalue weighted by molar-refractivity contribution is 5.79. The third kappa shape index (κ3) is 2.20. The van der Waals surface area contributed by atoms with Gasteiger partial charge in [0.15, 0.2) is 6.33 Å². The lowest BCUT2D eigenvalue weighted by Crippen LogP contribution is -1.93. The van der Waals surface area contributed by atoms with Gasteiger partial charge in [0, 0.05) is 35.3 Å². The zero-order chi connectivity index (χ0) is 13.1. The van der Waals surface area contributed by atoms with E-state index in [1.54, 1.807) is 36.8 Å². The molecule has 3 aromatic rings. The molecule has 0 saturated carbocycles. The highest BCUT2D eigenvalue weighted by Gasteiger charge is 2.12. The number of hydrogen-bond donors (Lipinski definition) is 0. The average Bonchev–Trinajstić information content (AvgIpc) is 2.49. The monoisotopic (exact) mass is 250 g/mol. The fourth-order valence-corrected chi connectivity index (χ4v) is 1.89. The molecule has 3 nitrogen and oxygen atoms in total. The minimum absolute atomic E-state index is 0.320. The third-order valence-corrected chi connectivity index (χ3v) is 2.77. The van der Waals surface area contributed by atoms with Crippen molar-refractivity contribution < 1.29 is 4.39 Å². The minimum atomic E-state index is -0.320. The van der Waals surface area contributed by atoms with Gasteiger partial charge in [-0.1, -0.05) is 18.2 Å². The van der Waals surface area contributed by atoms with Crippen LogP contribution in [0.15, 0.2) is 55.0 Å². The SMILES string of the molecule is Fc1ccccc1-c1n[c]ncc1-c1cccnc1. The quantitative estimate of drug-likeness (QED) is 0.701. The largest absolute Gasteiger partial charge is 0.264 e. The van der Waals surface area contributed by atoms with Gasteiger partial charge in [0.1, 0.15) is 5.82 Å². The first-order valence-corrected chi connectivity index (χ1v) is 5.74. The van der Waals surface area contributed by atoms with Crippen LogP contribution in [-0.4, -0.2) is 15.0 Å². The summed E-state index contributed by atoms with van der Waals surface area (Å²) in [6.07, 6.45) is 7.51. The van der Waals surface area contributed by atoms with Gasteiger partial charge >= 0.3 is 0 Å². The first-order valence-electron chi connectivity index (χ1n) is 5.74. The maximum Gasteiger partial charge on any atom is 0.198 e. The van der Waals surface area contributed by atoms with Gasteiger partial charge in [0.05, 0.1) is 5.69 Å². The topological polar surface area (TPSA) is 38.7 Å². The molecule has 0 fully saturated rings. The van der Waals surface area contributed by atoms with Crippen molar-refractivity contribution in [2.45, 2.75) is 0 Å². The van der Waals surface area contributed by atoms with Gasteiger partial charge in [0.25, 0.3) is 0 Å². The predicted octanol–water partition coefficient (Wildman–Crippen LogP) is 3.14. The van der Waals surface area contributed by atoms with E-state index in [9.17, 15) is 4.39 Å². The van der Waals surface area contributed by atoms with Crippen molar-refractivity contribution >= 4 is 0 Å². The highest BCUT2D eigenvalue weighted by Crippen LogP contribution is 2.30. The molecule has 1 radical (unpaired) electrons. The second-order valence-corrected chi connectivity index (χ2v) is 3.95. The molecule has 0 aliphatic rings. The van der Waals surface area contributed by atoms with Gasteiger partial charge in [-0.15, -0.1) is 0 Å². The number of benzene rings is 1. The molecule has 0 bridgehead atoms. The van der Waals surface area contributed by atoms with Crippen LogP contribution >= 0.6 is 0 Å². The van der Waals surface area contributed by atoms with Crippen molar-refractivity contribution in [3.8, 4) is 22.4 Å². The van der Waals surface area contributed by atoms with Gasteiger partial charge in [-0.2, -0.15) is 0 Å². The van der Waals surface area contributed by atoms with E-state index in [0.29, 0.717) is 11.3 Å². The van der Waals surface area contributed by atoms with Crippen molar-refractivity contribution in [3.63, 3.8) is 0 Å². The Balaban J connectivity index is 2.21. The molecule has 3 rings (SSSR count). The molecule has 0 unspecified atom stereocenters. The van der Waals surface area contributed by atoms with Crippen LogP contribution in [0, 0.1) is 12.1 Å².